The van der Waals surface area contributed by atoms with Crippen molar-refractivity contribution in [3.8, 4) is 6.07 Å². The van der Waals surface area contributed by atoms with Crippen LogP contribution >= 0.6 is 0 Å². The van der Waals surface area contributed by atoms with Crippen molar-refractivity contribution >= 4 is 0 Å². The average molecular weight is 291 g/mol. The van der Waals surface area contributed by atoms with Crippen molar-refractivity contribution in [1.29, 1.82) is 5.26 Å². The second kappa shape index (κ2) is 4.77. The number of nitrogens with zero attached hydrogens (tertiary/aromatic N) is 1. The van der Waals surface area contributed by atoms with Gasteiger partial charge in [-0.1, -0.05) is 12.2 Å². The van der Waals surface area contributed by atoms with Gasteiger partial charge >= 0.3 is 0 Å². The molecule has 0 aromatic rings. The number of rotatable bonds is 0. The van der Waals surface area contributed by atoms with Crippen LogP contribution in [0.2, 0.25) is 0 Å². The van der Waals surface area contributed by atoms with Gasteiger partial charge in [-0.15, -0.1) is 0 Å². The van der Waals surface area contributed by atoms with E-state index in [0.29, 0.717) is 0 Å². The van der Waals surface area contributed by atoms with E-state index in [1.165, 1.54) is 6.42 Å². The Hall–Kier alpha value is -0.0817. The first-order chi connectivity index (χ1) is 3.93. The molecule has 1 unspecified atom stereocenters. The van der Waals surface area contributed by atoms with Crippen LogP contribution in [0, 0.1) is 17.2 Å². The zero-order chi connectivity index (χ0) is 5.82. The van der Waals surface area contributed by atoms with Crippen LogP contribution in [-0.4, -0.2) is 0 Å². The number of hydrogen-bond donors (Lipinski definition) is 0. The molecule has 0 saturated heterocycles. The van der Waals surface area contributed by atoms with E-state index in [1.807, 2.05) is 6.08 Å². The van der Waals surface area contributed by atoms with Crippen LogP contribution in [0.3, 0.4) is 0 Å². The molecule has 0 radical (unpaired) electrons. The van der Waals surface area contributed by atoms with E-state index in [0.717, 1.165) is 12.8 Å². The Morgan fingerprint density at radius 3 is 2.67 bits per heavy atom. The summed E-state index contributed by atoms with van der Waals surface area (Å²) in [6.07, 6.45) is 7.51. The molecular formula is C7H9NW. The van der Waals surface area contributed by atoms with Crippen LogP contribution in [0.5, 0.6) is 0 Å². The quantitative estimate of drug-likeness (QED) is 0.625. The van der Waals surface area contributed by atoms with E-state index in [2.05, 4.69) is 12.1 Å². The summed E-state index contributed by atoms with van der Waals surface area (Å²) in [5, 5.41) is 8.39. The molecule has 2 heteroatoms. The first-order valence-electron chi connectivity index (χ1n) is 3.00. The zero-order valence-electron chi connectivity index (χ0n) is 5.21. The monoisotopic (exact) mass is 291 g/mol. The Morgan fingerprint density at radius 2 is 2.33 bits per heavy atom. The summed E-state index contributed by atoms with van der Waals surface area (Å²) >= 11 is 0. The van der Waals surface area contributed by atoms with Gasteiger partial charge < -0.3 is 0 Å². The summed E-state index contributed by atoms with van der Waals surface area (Å²) in [6.45, 7) is 0. The Bertz CT molecular complexity index is 134. The fraction of sp³-hybridized carbons (Fsp3) is 0.571. The molecule has 0 aromatic heterocycles. The smallest absolute Gasteiger partial charge is 0.0697 e. The van der Waals surface area contributed by atoms with E-state index in [9.17, 15) is 0 Å². The third-order valence-electron chi connectivity index (χ3n) is 1.42. The molecule has 0 aliphatic heterocycles. The van der Waals surface area contributed by atoms with Gasteiger partial charge in [0.05, 0.1) is 12.0 Å². The summed E-state index contributed by atoms with van der Waals surface area (Å²) < 4.78 is 0. The van der Waals surface area contributed by atoms with Crippen LogP contribution in [-0.2, 0) is 21.1 Å². The van der Waals surface area contributed by atoms with Gasteiger partial charge in [0.15, 0.2) is 0 Å². The van der Waals surface area contributed by atoms with Crippen molar-refractivity contribution in [3.05, 3.63) is 12.2 Å². The Balaban J connectivity index is 0.000000640. The predicted molar refractivity (Wildman–Crippen MR) is 32.1 cm³/mol. The molecule has 0 aromatic carbocycles. The molecule has 0 amide bonds. The van der Waals surface area contributed by atoms with Gasteiger partial charge in [-0.05, 0) is 19.3 Å². The van der Waals surface area contributed by atoms with Crippen LogP contribution in [0.15, 0.2) is 12.2 Å². The Kier molecular flexibility index (Phi) is 4.72. The molecular weight excluding hydrogens is 282 g/mol. The van der Waals surface area contributed by atoms with E-state index >= 15 is 0 Å². The maximum Gasteiger partial charge on any atom is 0.0697 e. The summed E-state index contributed by atoms with van der Waals surface area (Å²) in [5.74, 6) is 0.212. The van der Waals surface area contributed by atoms with E-state index in [4.69, 9.17) is 5.26 Å². The predicted octanol–water partition coefficient (Wildman–Crippen LogP) is 1.86. The molecule has 48 valence electrons. The van der Waals surface area contributed by atoms with Crippen molar-refractivity contribution in [3.63, 3.8) is 0 Å². The van der Waals surface area contributed by atoms with Crippen LogP contribution in [0.1, 0.15) is 19.3 Å². The summed E-state index contributed by atoms with van der Waals surface area (Å²) in [5.41, 5.74) is 0. The molecule has 0 spiro atoms. The fourth-order valence-corrected chi connectivity index (χ4v) is 0.920. The van der Waals surface area contributed by atoms with Gasteiger partial charge in [-0.3, -0.25) is 0 Å². The molecule has 0 saturated carbocycles. The van der Waals surface area contributed by atoms with Crippen LogP contribution < -0.4 is 0 Å². The molecule has 0 N–H and O–H groups in total. The van der Waals surface area contributed by atoms with Crippen molar-refractivity contribution < 1.29 is 21.1 Å². The molecule has 9 heavy (non-hydrogen) atoms. The van der Waals surface area contributed by atoms with Crippen molar-refractivity contribution in [2.45, 2.75) is 19.3 Å². The van der Waals surface area contributed by atoms with E-state index in [-0.39, 0.29) is 27.0 Å². The minimum atomic E-state index is 0. The number of nitriles is 1. The second-order valence-corrected chi connectivity index (χ2v) is 2.09. The topological polar surface area (TPSA) is 23.8 Å². The Morgan fingerprint density at radius 1 is 1.56 bits per heavy atom. The van der Waals surface area contributed by atoms with E-state index in [1.54, 1.807) is 0 Å². The summed E-state index contributed by atoms with van der Waals surface area (Å²) in [7, 11) is 0. The molecule has 1 aliphatic carbocycles. The number of hydrogen-bond acceptors (Lipinski definition) is 1. The van der Waals surface area contributed by atoms with Gasteiger partial charge in [0.25, 0.3) is 0 Å². The maximum atomic E-state index is 8.39. The minimum absolute atomic E-state index is 0. The normalized spacial score (nSPS) is 24.1. The SMILES string of the molecule is N#CC1C=CCCC1.[W]. The molecule has 0 fully saturated rings. The molecule has 1 aliphatic rings. The van der Waals surface area contributed by atoms with Gasteiger partial charge in [0, 0.05) is 21.1 Å². The molecule has 0 heterocycles. The first-order valence-corrected chi connectivity index (χ1v) is 3.00. The standard InChI is InChI=1S/C7H9N.W/c8-6-7-4-2-1-3-5-7;/h2,4,7H,1,3,5H2;. The van der Waals surface area contributed by atoms with Gasteiger partial charge in [0.2, 0.25) is 0 Å². The zero-order valence-corrected chi connectivity index (χ0v) is 8.14. The van der Waals surface area contributed by atoms with E-state index < -0.39 is 0 Å². The van der Waals surface area contributed by atoms with Crippen molar-refractivity contribution in [2.24, 2.45) is 5.92 Å². The molecule has 0 bridgehead atoms. The Labute approximate surface area is 70.0 Å². The molecule has 1 nitrogen and oxygen atoms in total. The van der Waals surface area contributed by atoms with Crippen molar-refractivity contribution in [1.82, 2.24) is 0 Å². The van der Waals surface area contributed by atoms with Gasteiger partial charge in [-0.2, -0.15) is 5.26 Å². The van der Waals surface area contributed by atoms with Gasteiger partial charge in [-0.25, -0.2) is 0 Å². The van der Waals surface area contributed by atoms with Crippen LogP contribution in [0.25, 0.3) is 0 Å². The molecule has 1 atom stereocenters. The third-order valence-corrected chi connectivity index (χ3v) is 1.42. The summed E-state index contributed by atoms with van der Waals surface area (Å²) in [4.78, 5) is 0. The first kappa shape index (κ1) is 8.92. The summed E-state index contributed by atoms with van der Waals surface area (Å²) in [6, 6.07) is 2.22. The molecule has 1 rings (SSSR count). The third kappa shape index (κ3) is 2.82. The largest absolute Gasteiger partial charge is 0.198 e. The average Bonchev–Trinajstić information content (AvgIpc) is 1.90. The number of allylic oxidation sites excluding steroid dienone is 2. The fourth-order valence-electron chi connectivity index (χ4n) is 0.920. The van der Waals surface area contributed by atoms with Crippen LogP contribution in [0.4, 0.5) is 0 Å². The second-order valence-electron chi connectivity index (χ2n) is 2.09. The maximum absolute atomic E-state index is 8.39. The minimum Gasteiger partial charge on any atom is -0.198 e. The van der Waals surface area contributed by atoms with Crippen molar-refractivity contribution in [2.75, 3.05) is 0 Å². The van der Waals surface area contributed by atoms with Gasteiger partial charge in [0.1, 0.15) is 0 Å².